The minimum Gasteiger partial charge on any atom is -0.378 e. The Labute approximate surface area is 81.2 Å². The fourth-order valence-corrected chi connectivity index (χ4v) is 1.66. The first-order valence-electron chi connectivity index (χ1n) is 4.95. The van der Waals surface area contributed by atoms with Crippen LogP contribution >= 0.6 is 0 Å². The van der Waals surface area contributed by atoms with Gasteiger partial charge in [0.25, 0.3) is 0 Å². The molecule has 72 valence electrons. The summed E-state index contributed by atoms with van der Waals surface area (Å²) in [5.74, 6) is 0. The van der Waals surface area contributed by atoms with Gasteiger partial charge in [-0.2, -0.15) is 0 Å². The van der Waals surface area contributed by atoms with Gasteiger partial charge in [0, 0.05) is 5.70 Å². The Balaban J connectivity index is 2.74. The first kappa shape index (κ1) is 10.1. The molecule has 13 heavy (non-hydrogen) atoms. The Morgan fingerprint density at radius 3 is 2.85 bits per heavy atom. The Hall–Kier alpha value is -0.980. The summed E-state index contributed by atoms with van der Waals surface area (Å²) in [4.78, 5) is 0. The zero-order chi connectivity index (χ0) is 9.84. The largest absolute Gasteiger partial charge is 0.378 e. The molecule has 1 aliphatic heterocycles. The molecule has 0 radical (unpaired) electrons. The lowest BCUT2D eigenvalue weighted by Gasteiger charge is -2.11. The second-order valence-corrected chi connectivity index (χ2v) is 3.62. The smallest absolute Gasteiger partial charge is 0.0506 e. The number of rotatable bonds is 3. The van der Waals surface area contributed by atoms with E-state index in [0.717, 1.165) is 12.8 Å². The first-order valence-corrected chi connectivity index (χ1v) is 4.95. The van der Waals surface area contributed by atoms with Gasteiger partial charge in [0.1, 0.15) is 0 Å². The highest BCUT2D eigenvalue weighted by Crippen LogP contribution is 2.25. The monoisotopic (exact) mass is 177 g/mol. The normalized spacial score (nSPS) is 22.5. The SMILES string of the molecule is C=C(C)C1CC(CC)=C(/C=C\C)N1. The molecular formula is C12H19N. The van der Waals surface area contributed by atoms with Gasteiger partial charge in [-0.1, -0.05) is 25.2 Å². The molecule has 0 aromatic heterocycles. The van der Waals surface area contributed by atoms with Crippen LogP contribution < -0.4 is 5.32 Å². The predicted octanol–water partition coefficient (Wildman–Crippen LogP) is 3.16. The van der Waals surface area contributed by atoms with Crippen LogP contribution in [-0.2, 0) is 0 Å². The molecule has 0 aromatic carbocycles. The Morgan fingerprint density at radius 2 is 2.38 bits per heavy atom. The molecule has 1 atom stereocenters. The van der Waals surface area contributed by atoms with Gasteiger partial charge in [0.15, 0.2) is 0 Å². The molecule has 0 saturated heterocycles. The summed E-state index contributed by atoms with van der Waals surface area (Å²) < 4.78 is 0. The van der Waals surface area contributed by atoms with E-state index in [-0.39, 0.29) is 0 Å². The van der Waals surface area contributed by atoms with Crippen molar-refractivity contribution in [1.82, 2.24) is 5.32 Å². The van der Waals surface area contributed by atoms with Crippen molar-refractivity contribution in [3.8, 4) is 0 Å². The van der Waals surface area contributed by atoms with Crippen LogP contribution in [0.1, 0.15) is 33.6 Å². The van der Waals surface area contributed by atoms with Crippen LogP contribution in [0.15, 0.2) is 35.6 Å². The van der Waals surface area contributed by atoms with Crippen LogP contribution in [-0.4, -0.2) is 6.04 Å². The van der Waals surface area contributed by atoms with E-state index in [1.807, 2.05) is 0 Å². The van der Waals surface area contributed by atoms with Crippen molar-refractivity contribution in [3.05, 3.63) is 35.6 Å². The van der Waals surface area contributed by atoms with Crippen molar-refractivity contribution in [2.24, 2.45) is 0 Å². The van der Waals surface area contributed by atoms with Gasteiger partial charge >= 0.3 is 0 Å². The summed E-state index contributed by atoms with van der Waals surface area (Å²) in [6.07, 6.45) is 6.50. The molecule has 1 heteroatoms. The highest BCUT2D eigenvalue weighted by atomic mass is 15.0. The number of allylic oxidation sites excluding steroid dienone is 2. The zero-order valence-corrected chi connectivity index (χ0v) is 8.85. The van der Waals surface area contributed by atoms with Crippen molar-refractivity contribution in [3.63, 3.8) is 0 Å². The minimum absolute atomic E-state index is 0.459. The number of hydrogen-bond donors (Lipinski definition) is 1. The molecule has 1 nitrogen and oxygen atoms in total. The van der Waals surface area contributed by atoms with Gasteiger partial charge in [-0.15, -0.1) is 0 Å². The second-order valence-electron chi connectivity index (χ2n) is 3.62. The third-order valence-corrected chi connectivity index (χ3v) is 2.52. The summed E-state index contributed by atoms with van der Waals surface area (Å²) in [5.41, 5.74) is 4.05. The standard InChI is InChI=1S/C12H19N/c1-5-7-11-10(6-2)8-12(13-11)9(3)4/h5,7,12-13H,3,6,8H2,1-2,4H3/b7-5-. The van der Waals surface area contributed by atoms with Crippen LogP contribution in [0.5, 0.6) is 0 Å². The lowest BCUT2D eigenvalue weighted by Crippen LogP contribution is -2.22. The summed E-state index contributed by atoms with van der Waals surface area (Å²) in [6.45, 7) is 10.3. The van der Waals surface area contributed by atoms with Crippen molar-refractivity contribution in [1.29, 1.82) is 0 Å². The van der Waals surface area contributed by atoms with E-state index in [1.54, 1.807) is 0 Å². The van der Waals surface area contributed by atoms with Crippen LogP contribution in [0.3, 0.4) is 0 Å². The summed E-state index contributed by atoms with van der Waals surface area (Å²) >= 11 is 0. The molecule has 0 amide bonds. The maximum atomic E-state index is 3.99. The van der Waals surface area contributed by atoms with E-state index >= 15 is 0 Å². The Bertz CT molecular complexity index is 258. The van der Waals surface area contributed by atoms with E-state index in [2.05, 4.69) is 44.8 Å². The van der Waals surface area contributed by atoms with Crippen LogP contribution in [0.4, 0.5) is 0 Å². The average Bonchev–Trinajstić information content (AvgIpc) is 2.48. The highest BCUT2D eigenvalue weighted by Gasteiger charge is 2.20. The molecule has 0 bridgehead atoms. The third kappa shape index (κ3) is 2.24. The second kappa shape index (κ2) is 4.31. The number of hydrogen-bond acceptors (Lipinski definition) is 1. The molecule has 0 saturated carbocycles. The fraction of sp³-hybridized carbons (Fsp3) is 0.500. The maximum absolute atomic E-state index is 3.99. The van der Waals surface area contributed by atoms with E-state index in [9.17, 15) is 0 Å². The quantitative estimate of drug-likeness (QED) is 0.653. The van der Waals surface area contributed by atoms with E-state index in [1.165, 1.54) is 16.8 Å². The molecule has 1 N–H and O–H groups in total. The molecule has 0 aliphatic carbocycles. The van der Waals surface area contributed by atoms with E-state index in [0.29, 0.717) is 6.04 Å². The molecule has 1 unspecified atom stereocenters. The molecule has 1 aliphatic rings. The van der Waals surface area contributed by atoms with Crippen LogP contribution in [0, 0.1) is 0 Å². The lowest BCUT2D eigenvalue weighted by molar-refractivity contribution is 0.696. The number of nitrogens with one attached hydrogen (secondary N) is 1. The lowest BCUT2D eigenvalue weighted by atomic mass is 10.0. The first-order chi connectivity index (χ1) is 6.19. The molecule has 0 spiro atoms. The predicted molar refractivity (Wildman–Crippen MR) is 58.5 cm³/mol. The third-order valence-electron chi connectivity index (χ3n) is 2.52. The molecule has 1 heterocycles. The van der Waals surface area contributed by atoms with Crippen molar-refractivity contribution in [2.45, 2.75) is 39.7 Å². The van der Waals surface area contributed by atoms with Gasteiger partial charge in [-0.3, -0.25) is 0 Å². The Kier molecular flexibility index (Phi) is 3.35. The zero-order valence-electron chi connectivity index (χ0n) is 8.85. The van der Waals surface area contributed by atoms with E-state index in [4.69, 9.17) is 0 Å². The molecule has 1 rings (SSSR count). The minimum atomic E-state index is 0.459. The van der Waals surface area contributed by atoms with Gasteiger partial charge in [0.2, 0.25) is 0 Å². The van der Waals surface area contributed by atoms with Gasteiger partial charge in [0.05, 0.1) is 6.04 Å². The average molecular weight is 177 g/mol. The highest BCUT2D eigenvalue weighted by molar-refractivity contribution is 5.33. The van der Waals surface area contributed by atoms with Crippen LogP contribution in [0.25, 0.3) is 0 Å². The molecule has 0 aromatic rings. The summed E-state index contributed by atoms with van der Waals surface area (Å²) in [5, 5.41) is 3.49. The Morgan fingerprint density at radius 1 is 1.69 bits per heavy atom. The van der Waals surface area contributed by atoms with E-state index < -0.39 is 0 Å². The molecule has 0 fully saturated rings. The summed E-state index contributed by atoms with van der Waals surface area (Å²) in [6, 6.07) is 0.459. The van der Waals surface area contributed by atoms with Gasteiger partial charge in [-0.05, 0) is 38.3 Å². The topological polar surface area (TPSA) is 12.0 Å². The van der Waals surface area contributed by atoms with Crippen molar-refractivity contribution < 1.29 is 0 Å². The van der Waals surface area contributed by atoms with Crippen LogP contribution in [0.2, 0.25) is 0 Å². The summed E-state index contributed by atoms with van der Waals surface area (Å²) in [7, 11) is 0. The maximum Gasteiger partial charge on any atom is 0.0506 e. The molecular weight excluding hydrogens is 158 g/mol. The fourth-order valence-electron chi connectivity index (χ4n) is 1.66. The van der Waals surface area contributed by atoms with Crippen molar-refractivity contribution >= 4 is 0 Å². The van der Waals surface area contributed by atoms with Crippen molar-refractivity contribution in [2.75, 3.05) is 0 Å². The van der Waals surface area contributed by atoms with Gasteiger partial charge < -0.3 is 5.32 Å². The van der Waals surface area contributed by atoms with Gasteiger partial charge in [-0.25, -0.2) is 0 Å².